The normalized spacial score (nSPS) is 13.1. The molecule has 0 bridgehead atoms. The summed E-state index contributed by atoms with van der Waals surface area (Å²) in [6.45, 7) is 0.961. The molecule has 0 saturated carbocycles. The number of hydrogen-bond acceptors (Lipinski definition) is 5. The fourth-order valence-corrected chi connectivity index (χ4v) is 2.76. The van der Waals surface area contributed by atoms with E-state index >= 15 is 0 Å². The first-order chi connectivity index (χ1) is 12.9. The molecule has 1 N–H and O–H groups in total. The predicted octanol–water partition coefficient (Wildman–Crippen LogP) is 0.797. The zero-order valence-corrected chi connectivity index (χ0v) is 15.4. The van der Waals surface area contributed by atoms with Crippen LogP contribution in [0.2, 0.25) is 0 Å². The predicted molar refractivity (Wildman–Crippen MR) is 98.5 cm³/mol. The molecule has 3 rings (SSSR count). The Morgan fingerprint density at radius 3 is 2.30 bits per heavy atom. The molecule has 0 unspecified atom stereocenters. The first kappa shape index (κ1) is 18.6. The zero-order valence-electron chi connectivity index (χ0n) is 15.4. The third-order valence-corrected chi connectivity index (χ3v) is 4.29. The molecule has 7 heteroatoms. The van der Waals surface area contributed by atoms with E-state index in [-0.39, 0.29) is 23.3 Å². The SMILES string of the molecule is COc1ccc(N2C(=O)c3ccc(C(=O)OCC[NH+](C)C)cc3C2=O)cc1. The Balaban J connectivity index is 1.82. The van der Waals surface area contributed by atoms with E-state index in [9.17, 15) is 14.4 Å². The summed E-state index contributed by atoms with van der Waals surface area (Å²) < 4.78 is 10.3. The van der Waals surface area contributed by atoms with Crippen LogP contribution >= 0.6 is 0 Å². The molecule has 1 aliphatic rings. The maximum Gasteiger partial charge on any atom is 0.338 e. The number of ether oxygens (including phenoxy) is 2. The summed E-state index contributed by atoms with van der Waals surface area (Å²) in [6, 6.07) is 11.0. The lowest BCUT2D eigenvalue weighted by Gasteiger charge is -2.14. The van der Waals surface area contributed by atoms with Crippen LogP contribution in [0.1, 0.15) is 31.1 Å². The molecule has 2 aromatic rings. The van der Waals surface area contributed by atoms with E-state index in [2.05, 4.69) is 0 Å². The van der Waals surface area contributed by atoms with Gasteiger partial charge in [-0.3, -0.25) is 9.59 Å². The van der Waals surface area contributed by atoms with Gasteiger partial charge in [-0.15, -0.1) is 0 Å². The molecule has 0 atom stereocenters. The Hall–Kier alpha value is -3.19. The lowest BCUT2D eigenvalue weighted by atomic mass is 10.1. The number of rotatable bonds is 6. The van der Waals surface area contributed by atoms with E-state index in [1.807, 2.05) is 14.1 Å². The van der Waals surface area contributed by atoms with Gasteiger partial charge < -0.3 is 14.4 Å². The third kappa shape index (κ3) is 3.68. The molecule has 0 radical (unpaired) electrons. The van der Waals surface area contributed by atoms with E-state index in [0.717, 1.165) is 9.80 Å². The van der Waals surface area contributed by atoms with E-state index in [1.165, 1.54) is 25.3 Å². The molecule has 7 nitrogen and oxygen atoms in total. The van der Waals surface area contributed by atoms with Crippen molar-refractivity contribution < 1.29 is 28.8 Å². The van der Waals surface area contributed by atoms with Crippen LogP contribution in [-0.2, 0) is 4.74 Å². The number of likely N-dealkylation sites (N-methyl/N-ethyl adjacent to an activating group) is 1. The fraction of sp³-hybridized carbons (Fsp3) is 0.250. The molecule has 0 aromatic heterocycles. The van der Waals surface area contributed by atoms with Crippen LogP contribution in [0.3, 0.4) is 0 Å². The molecule has 140 valence electrons. The number of nitrogens with zero attached hydrogens (tertiary/aromatic N) is 1. The number of hydrogen-bond donors (Lipinski definition) is 1. The molecule has 2 amide bonds. The average Bonchev–Trinajstić information content (AvgIpc) is 2.91. The quantitative estimate of drug-likeness (QED) is 0.602. The van der Waals surface area contributed by atoms with E-state index in [1.54, 1.807) is 24.3 Å². The Bertz CT molecular complexity index is 890. The number of carbonyl (C=O) groups is 3. The highest BCUT2D eigenvalue weighted by Gasteiger charge is 2.37. The van der Waals surface area contributed by atoms with E-state index in [0.29, 0.717) is 18.0 Å². The monoisotopic (exact) mass is 369 g/mol. The maximum absolute atomic E-state index is 12.8. The molecule has 0 spiro atoms. The first-order valence-electron chi connectivity index (χ1n) is 8.55. The van der Waals surface area contributed by atoms with Gasteiger partial charge in [0.1, 0.15) is 18.9 Å². The molecule has 0 fully saturated rings. The number of methoxy groups -OCH3 is 1. The molecule has 0 saturated heterocycles. The summed E-state index contributed by atoms with van der Waals surface area (Å²) >= 11 is 0. The first-order valence-corrected chi connectivity index (χ1v) is 8.55. The summed E-state index contributed by atoms with van der Waals surface area (Å²) in [5, 5.41) is 0. The van der Waals surface area contributed by atoms with Gasteiger partial charge in [-0.25, -0.2) is 9.69 Å². The highest BCUT2D eigenvalue weighted by atomic mass is 16.5. The van der Waals surface area contributed by atoms with Gasteiger partial charge in [-0.2, -0.15) is 0 Å². The van der Waals surface area contributed by atoms with Crippen molar-refractivity contribution in [2.45, 2.75) is 0 Å². The number of carbonyl (C=O) groups excluding carboxylic acids is 3. The second-order valence-corrected chi connectivity index (χ2v) is 6.50. The number of benzene rings is 2. The number of amides is 2. The van der Waals surface area contributed by atoms with Gasteiger partial charge in [0.2, 0.25) is 0 Å². The third-order valence-electron chi connectivity index (χ3n) is 4.29. The standard InChI is InChI=1S/C20H20N2O5/c1-21(2)10-11-27-20(25)13-4-9-16-17(12-13)19(24)22(18(16)23)14-5-7-15(26-3)8-6-14/h4-9,12H,10-11H2,1-3H3/p+1. The minimum atomic E-state index is -0.512. The van der Waals surface area contributed by atoms with Gasteiger partial charge in [-0.1, -0.05) is 0 Å². The smallest absolute Gasteiger partial charge is 0.338 e. The van der Waals surface area contributed by atoms with Crippen molar-refractivity contribution in [3.05, 3.63) is 59.2 Å². The summed E-state index contributed by atoms with van der Waals surface area (Å²) in [5.74, 6) is -0.772. The highest BCUT2D eigenvalue weighted by Crippen LogP contribution is 2.30. The van der Waals surface area contributed by atoms with Crippen molar-refractivity contribution in [2.24, 2.45) is 0 Å². The second kappa shape index (κ2) is 7.59. The van der Waals surface area contributed by atoms with Crippen LogP contribution in [0.5, 0.6) is 5.75 Å². The highest BCUT2D eigenvalue weighted by molar-refractivity contribution is 6.34. The lowest BCUT2D eigenvalue weighted by molar-refractivity contribution is -0.858. The van der Waals surface area contributed by atoms with Crippen molar-refractivity contribution in [2.75, 3.05) is 39.3 Å². The van der Waals surface area contributed by atoms with Crippen molar-refractivity contribution >= 4 is 23.5 Å². The average molecular weight is 369 g/mol. The van der Waals surface area contributed by atoms with Crippen LogP contribution in [-0.4, -0.2) is 52.1 Å². The summed E-state index contributed by atoms with van der Waals surface area (Å²) in [6.07, 6.45) is 0. The van der Waals surface area contributed by atoms with Gasteiger partial charge in [0, 0.05) is 0 Å². The van der Waals surface area contributed by atoms with Crippen molar-refractivity contribution in [1.82, 2.24) is 0 Å². The summed E-state index contributed by atoms with van der Waals surface area (Å²) in [5.41, 5.74) is 1.16. The molecule has 27 heavy (non-hydrogen) atoms. The summed E-state index contributed by atoms with van der Waals surface area (Å²) in [4.78, 5) is 39.8. The molecule has 0 aliphatic carbocycles. The number of quaternary nitrogens is 1. The zero-order chi connectivity index (χ0) is 19.6. The van der Waals surface area contributed by atoms with Crippen molar-refractivity contribution in [1.29, 1.82) is 0 Å². The largest absolute Gasteiger partial charge is 0.497 e. The van der Waals surface area contributed by atoms with E-state index in [4.69, 9.17) is 9.47 Å². The Labute approximate surface area is 157 Å². The Morgan fingerprint density at radius 1 is 1.00 bits per heavy atom. The van der Waals surface area contributed by atoms with Crippen molar-refractivity contribution in [3.63, 3.8) is 0 Å². The molecule has 1 heterocycles. The number of fused-ring (bicyclic) bond motifs is 1. The Kier molecular flexibility index (Phi) is 5.23. The second-order valence-electron chi connectivity index (χ2n) is 6.50. The van der Waals surface area contributed by atoms with Gasteiger partial charge in [0.05, 0.1) is 43.6 Å². The van der Waals surface area contributed by atoms with Gasteiger partial charge in [0.25, 0.3) is 11.8 Å². The van der Waals surface area contributed by atoms with Gasteiger partial charge in [-0.05, 0) is 42.5 Å². The number of anilines is 1. The van der Waals surface area contributed by atoms with Crippen LogP contribution < -0.4 is 14.5 Å². The number of esters is 1. The van der Waals surface area contributed by atoms with Gasteiger partial charge >= 0.3 is 5.97 Å². The molecular formula is C20H21N2O5+. The topological polar surface area (TPSA) is 77.3 Å². The van der Waals surface area contributed by atoms with Gasteiger partial charge in [0.15, 0.2) is 0 Å². The van der Waals surface area contributed by atoms with Crippen LogP contribution in [0.25, 0.3) is 0 Å². The van der Waals surface area contributed by atoms with Crippen LogP contribution in [0.15, 0.2) is 42.5 Å². The molecule has 2 aromatic carbocycles. The van der Waals surface area contributed by atoms with Crippen molar-refractivity contribution in [3.8, 4) is 5.75 Å². The number of nitrogens with one attached hydrogen (secondary N) is 1. The Morgan fingerprint density at radius 2 is 1.67 bits per heavy atom. The van der Waals surface area contributed by atoms with Crippen LogP contribution in [0, 0.1) is 0 Å². The fourth-order valence-electron chi connectivity index (χ4n) is 2.76. The number of imide groups is 1. The minimum Gasteiger partial charge on any atom is -0.497 e. The van der Waals surface area contributed by atoms with Crippen LogP contribution in [0.4, 0.5) is 5.69 Å². The summed E-state index contributed by atoms with van der Waals surface area (Å²) in [7, 11) is 5.46. The lowest BCUT2D eigenvalue weighted by Crippen LogP contribution is -3.06. The minimum absolute atomic E-state index is 0.198. The van der Waals surface area contributed by atoms with E-state index < -0.39 is 17.8 Å². The molecule has 1 aliphatic heterocycles. The molecular weight excluding hydrogens is 348 g/mol. The maximum atomic E-state index is 12.8.